The fourth-order valence-corrected chi connectivity index (χ4v) is 2.22. The van der Waals surface area contributed by atoms with Gasteiger partial charge >= 0.3 is 0 Å². The smallest absolute Gasteiger partial charge is 0.107 e. The highest BCUT2D eigenvalue weighted by atomic mass is 14.9. The predicted octanol–water partition coefficient (Wildman–Crippen LogP) is 3.35. The highest BCUT2D eigenvalue weighted by molar-refractivity contribution is 5.62. The van der Waals surface area contributed by atoms with Crippen molar-refractivity contribution in [1.29, 1.82) is 0 Å². The second-order valence-electron chi connectivity index (χ2n) is 5.17. The van der Waals surface area contributed by atoms with E-state index in [0.717, 1.165) is 30.9 Å². The second kappa shape index (κ2) is 6.53. The van der Waals surface area contributed by atoms with Crippen LogP contribution in [-0.2, 0) is 6.42 Å². The Morgan fingerprint density at radius 3 is 2.58 bits per heavy atom. The van der Waals surface area contributed by atoms with Crippen LogP contribution in [-0.4, -0.2) is 23.6 Å². The zero-order chi connectivity index (χ0) is 13.7. The summed E-state index contributed by atoms with van der Waals surface area (Å²) in [5, 5.41) is 3.17. The molecule has 3 nitrogen and oxygen atoms in total. The summed E-state index contributed by atoms with van der Waals surface area (Å²) in [4.78, 5) is 8.29. The van der Waals surface area contributed by atoms with Gasteiger partial charge in [-0.3, -0.25) is 0 Å². The number of imidazole rings is 1. The molecule has 0 saturated heterocycles. The van der Waals surface area contributed by atoms with Crippen LogP contribution < -0.4 is 5.32 Å². The van der Waals surface area contributed by atoms with Gasteiger partial charge in [0, 0.05) is 17.7 Å². The lowest BCUT2D eigenvalue weighted by atomic mass is 10.0. The van der Waals surface area contributed by atoms with E-state index in [1.165, 1.54) is 11.3 Å². The Kier molecular flexibility index (Phi) is 4.74. The minimum Gasteiger partial charge on any atom is -0.345 e. The third kappa shape index (κ3) is 3.44. The second-order valence-corrected chi connectivity index (χ2v) is 5.17. The molecule has 0 radical (unpaired) electrons. The average molecular weight is 257 g/mol. The van der Waals surface area contributed by atoms with Crippen molar-refractivity contribution in [1.82, 2.24) is 15.3 Å². The van der Waals surface area contributed by atoms with Gasteiger partial charge in [0.2, 0.25) is 0 Å². The van der Waals surface area contributed by atoms with Crippen molar-refractivity contribution in [2.75, 3.05) is 13.6 Å². The number of benzene rings is 1. The highest BCUT2D eigenvalue weighted by Crippen LogP contribution is 2.27. The number of aromatic amines is 1. The summed E-state index contributed by atoms with van der Waals surface area (Å²) in [6, 6.07) is 10.4. The van der Waals surface area contributed by atoms with Gasteiger partial charge in [-0.05, 0) is 25.9 Å². The third-order valence-corrected chi connectivity index (χ3v) is 3.25. The van der Waals surface area contributed by atoms with Gasteiger partial charge in [0.25, 0.3) is 0 Å². The Bertz CT molecular complexity index is 500. The summed E-state index contributed by atoms with van der Waals surface area (Å²) < 4.78 is 0. The van der Waals surface area contributed by atoms with Gasteiger partial charge in [-0.15, -0.1) is 0 Å². The van der Waals surface area contributed by atoms with Crippen LogP contribution >= 0.6 is 0 Å². The van der Waals surface area contributed by atoms with Gasteiger partial charge in [0.05, 0.1) is 5.69 Å². The monoisotopic (exact) mass is 257 g/mol. The summed E-state index contributed by atoms with van der Waals surface area (Å²) in [6.45, 7) is 5.44. The van der Waals surface area contributed by atoms with Crippen LogP contribution in [0.1, 0.15) is 37.7 Å². The molecule has 0 unspecified atom stereocenters. The van der Waals surface area contributed by atoms with Crippen LogP contribution in [0, 0.1) is 0 Å². The largest absolute Gasteiger partial charge is 0.345 e. The van der Waals surface area contributed by atoms with Crippen LogP contribution in [0.3, 0.4) is 0 Å². The first-order valence-corrected chi connectivity index (χ1v) is 7.01. The number of hydrogen-bond acceptors (Lipinski definition) is 2. The molecular formula is C16H23N3. The minimum absolute atomic E-state index is 0.459. The van der Waals surface area contributed by atoms with Crippen molar-refractivity contribution in [3.05, 3.63) is 41.9 Å². The Morgan fingerprint density at radius 2 is 1.95 bits per heavy atom. The third-order valence-electron chi connectivity index (χ3n) is 3.25. The highest BCUT2D eigenvalue weighted by Gasteiger charge is 2.14. The molecule has 0 amide bonds. The molecule has 0 atom stereocenters. The SMILES string of the molecule is CNCCCc1nc(-c2ccccc2)c(C(C)C)[nH]1. The number of H-pyrrole nitrogens is 1. The zero-order valence-electron chi connectivity index (χ0n) is 12.0. The number of rotatable bonds is 6. The molecule has 102 valence electrons. The van der Waals surface area contributed by atoms with E-state index in [1.807, 2.05) is 13.1 Å². The van der Waals surface area contributed by atoms with Gasteiger partial charge in [-0.2, -0.15) is 0 Å². The first-order valence-electron chi connectivity index (χ1n) is 7.01. The van der Waals surface area contributed by atoms with Crippen molar-refractivity contribution in [3.8, 4) is 11.3 Å². The topological polar surface area (TPSA) is 40.7 Å². The summed E-state index contributed by atoms with van der Waals surface area (Å²) in [6.07, 6.45) is 2.10. The van der Waals surface area contributed by atoms with E-state index in [0.29, 0.717) is 5.92 Å². The fraction of sp³-hybridized carbons (Fsp3) is 0.438. The maximum atomic E-state index is 4.79. The van der Waals surface area contributed by atoms with E-state index in [2.05, 4.69) is 48.4 Å². The van der Waals surface area contributed by atoms with E-state index >= 15 is 0 Å². The van der Waals surface area contributed by atoms with Crippen LogP contribution in [0.5, 0.6) is 0 Å². The standard InChI is InChI=1S/C16H23N3/c1-12(2)15-16(13-8-5-4-6-9-13)19-14(18-15)10-7-11-17-3/h4-6,8-9,12,17H,7,10-11H2,1-3H3,(H,18,19). The molecule has 3 heteroatoms. The van der Waals surface area contributed by atoms with Crippen LogP contribution in [0.25, 0.3) is 11.3 Å². The van der Waals surface area contributed by atoms with E-state index < -0.39 is 0 Å². The molecule has 2 aromatic rings. The van der Waals surface area contributed by atoms with Crippen LogP contribution in [0.2, 0.25) is 0 Å². The molecule has 0 aliphatic rings. The molecule has 0 spiro atoms. The molecular weight excluding hydrogens is 234 g/mol. The van der Waals surface area contributed by atoms with Gasteiger partial charge in [0.15, 0.2) is 0 Å². The molecule has 19 heavy (non-hydrogen) atoms. The maximum Gasteiger partial charge on any atom is 0.107 e. The summed E-state index contributed by atoms with van der Waals surface area (Å²) in [5.74, 6) is 1.55. The van der Waals surface area contributed by atoms with Crippen molar-refractivity contribution >= 4 is 0 Å². The summed E-state index contributed by atoms with van der Waals surface area (Å²) in [5.41, 5.74) is 3.54. The Labute approximate surface area is 115 Å². The number of aromatic nitrogens is 2. The van der Waals surface area contributed by atoms with Gasteiger partial charge in [0.1, 0.15) is 5.82 Å². The van der Waals surface area contributed by atoms with Gasteiger partial charge in [-0.25, -0.2) is 4.98 Å². The molecule has 1 aromatic carbocycles. The Balaban J connectivity index is 2.26. The van der Waals surface area contributed by atoms with E-state index in [1.54, 1.807) is 0 Å². The molecule has 0 saturated carbocycles. The fourth-order valence-electron chi connectivity index (χ4n) is 2.22. The van der Waals surface area contributed by atoms with Crippen molar-refractivity contribution < 1.29 is 0 Å². The van der Waals surface area contributed by atoms with E-state index in [-0.39, 0.29) is 0 Å². The normalized spacial score (nSPS) is 11.2. The summed E-state index contributed by atoms with van der Waals surface area (Å²) in [7, 11) is 1.98. The van der Waals surface area contributed by atoms with E-state index in [4.69, 9.17) is 4.98 Å². The first-order chi connectivity index (χ1) is 9.22. The predicted molar refractivity (Wildman–Crippen MR) is 80.4 cm³/mol. The molecule has 2 N–H and O–H groups in total. The molecule has 0 bridgehead atoms. The van der Waals surface area contributed by atoms with Crippen LogP contribution in [0.4, 0.5) is 0 Å². The minimum atomic E-state index is 0.459. The van der Waals surface area contributed by atoms with Crippen molar-refractivity contribution in [3.63, 3.8) is 0 Å². The number of nitrogens with zero attached hydrogens (tertiary/aromatic N) is 1. The van der Waals surface area contributed by atoms with Crippen LogP contribution in [0.15, 0.2) is 30.3 Å². The van der Waals surface area contributed by atoms with Gasteiger partial charge in [-0.1, -0.05) is 44.2 Å². The van der Waals surface area contributed by atoms with Crippen molar-refractivity contribution in [2.24, 2.45) is 0 Å². The summed E-state index contributed by atoms with van der Waals surface area (Å²) >= 11 is 0. The Morgan fingerprint density at radius 1 is 1.21 bits per heavy atom. The molecule has 1 aromatic heterocycles. The lowest BCUT2D eigenvalue weighted by Gasteiger charge is -2.05. The lowest BCUT2D eigenvalue weighted by Crippen LogP contribution is -2.08. The number of nitrogens with one attached hydrogen (secondary N) is 2. The molecule has 2 rings (SSSR count). The lowest BCUT2D eigenvalue weighted by molar-refractivity contribution is 0.704. The molecule has 1 heterocycles. The quantitative estimate of drug-likeness (QED) is 0.779. The van der Waals surface area contributed by atoms with E-state index in [9.17, 15) is 0 Å². The van der Waals surface area contributed by atoms with Gasteiger partial charge < -0.3 is 10.3 Å². The maximum absolute atomic E-state index is 4.79. The Hall–Kier alpha value is -1.61. The molecule has 0 aliphatic carbocycles. The average Bonchev–Trinajstić information content (AvgIpc) is 2.84. The number of aryl methyl sites for hydroxylation is 1. The first kappa shape index (κ1) is 13.8. The van der Waals surface area contributed by atoms with Crippen molar-refractivity contribution in [2.45, 2.75) is 32.6 Å². The number of hydrogen-bond donors (Lipinski definition) is 2. The molecule has 0 aliphatic heterocycles. The zero-order valence-corrected chi connectivity index (χ0v) is 12.0. The molecule has 0 fully saturated rings.